The molecule has 0 bridgehead atoms. The van der Waals surface area contributed by atoms with E-state index in [9.17, 15) is 0 Å². The summed E-state index contributed by atoms with van der Waals surface area (Å²) in [6, 6.07) is 0. The lowest BCUT2D eigenvalue weighted by Gasteiger charge is -2.28. The molecule has 1 saturated heterocycles. The summed E-state index contributed by atoms with van der Waals surface area (Å²) < 4.78 is 10.5. The molecule has 0 aromatic carbocycles. The van der Waals surface area contributed by atoms with Crippen LogP contribution >= 0.6 is 0 Å². The minimum absolute atomic E-state index is 0.0453. The Hall–Kier alpha value is -0.120. The molecule has 0 saturated carbocycles. The Kier molecular flexibility index (Phi) is 3.83. The first-order valence-electron chi connectivity index (χ1n) is 4.12. The highest BCUT2D eigenvalue weighted by Crippen LogP contribution is 2.18. The van der Waals surface area contributed by atoms with Crippen molar-refractivity contribution in [2.24, 2.45) is 0 Å². The molecule has 3 nitrogen and oxygen atoms in total. The zero-order chi connectivity index (χ0) is 8.10. The molecule has 0 aromatic rings. The van der Waals surface area contributed by atoms with E-state index in [4.69, 9.17) is 14.6 Å². The van der Waals surface area contributed by atoms with Gasteiger partial charge in [-0.1, -0.05) is 0 Å². The predicted molar refractivity (Wildman–Crippen MR) is 41.5 cm³/mol. The molecule has 1 N–H and O–H groups in total. The van der Waals surface area contributed by atoms with Crippen LogP contribution in [0.5, 0.6) is 0 Å². The summed E-state index contributed by atoms with van der Waals surface area (Å²) in [5.41, 5.74) is 0. The highest BCUT2D eigenvalue weighted by atomic mass is 16.5. The van der Waals surface area contributed by atoms with Crippen molar-refractivity contribution >= 4 is 0 Å². The van der Waals surface area contributed by atoms with E-state index in [0.29, 0.717) is 6.61 Å². The molecule has 0 amide bonds. The lowest BCUT2D eigenvalue weighted by Crippen LogP contribution is -2.32. The van der Waals surface area contributed by atoms with Crippen LogP contribution in [0.4, 0.5) is 0 Å². The maximum Gasteiger partial charge on any atom is 0.0813 e. The Morgan fingerprint density at radius 1 is 1.45 bits per heavy atom. The molecule has 0 aliphatic carbocycles. The van der Waals surface area contributed by atoms with E-state index in [1.165, 1.54) is 0 Å². The molecule has 11 heavy (non-hydrogen) atoms. The van der Waals surface area contributed by atoms with E-state index in [0.717, 1.165) is 19.3 Å². The highest BCUT2D eigenvalue weighted by molar-refractivity contribution is 4.69. The van der Waals surface area contributed by atoms with Crippen molar-refractivity contribution in [1.29, 1.82) is 0 Å². The van der Waals surface area contributed by atoms with Gasteiger partial charge < -0.3 is 14.6 Å². The number of hydrogen-bond acceptors (Lipinski definition) is 3. The summed E-state index contributed by atoms with van der Waals surface area (Å²) in [7, 11) is 1.67. The first-order chi connectivity index (χ1) is 5.36. The molecule has 1 heterocycles. The van der Waals surface area contributed by atoms with E-state index < -0.39 is 0 Å². The molecule has 1 rings (SSSR count). The van der Waals surface area contributed by atoms with Crippen LogP contribution in [0.3, 0.4) is 0 Å². The van der Waals surface area contributed by atoms with Gasteiger partial charge in [0.15, 0.2) is 0 Å². The van der Waals surface area contributed by atoms with Crippen LogP contribution in [-0.2, 0) is 9.47 Å². The fourth-order valence-corrected chi connectivity index (χ4v) is 1.42. The number of aliphatic hydroxyl groups is 1. The smallest absolute Gasteiger partial charge is 0.0813 e. The summed E-state index contributed by atoms with van der Waals surface area (Å²) in [5, 5.41) is 8.81. The minimum atomic E-state index is 0.0453. The summed E-state index contributed by atoms with van der Waals surface area (Å²) in [4.78, 5) is 0. The second-order valence-electron chi connectivity index (χ2n) is 2.95. The molecular formula is C8H16O3. The number of methoxy groups -OCH3 is 1. The van der Waals surface area contributed by atoms with Crippen LogP contribution in [0.25, 0.3) is 0 Å². The van der Waals surface area contributed by atoms with E-state index in [1.807, 2.05) is 0 Å². The standard InChI is InChI=1S/C8H16O3/c1-10-6-8-4-2-3-7(5-9)11-8/h7-9H,2-6H2,1H3/t7-,8+/m1/s1. The molecule has 0 aromatic heterocycles. The van der Waals surface area contributed by atoms with E-state index in [1.54, 1.807) is 7.11 Å². The van der Waals surface area contributed by atoms with Crippen molar-refractivity contribution in [1.82, 2.24) is 0 Å². The Labute approximate surface area is 67.3 Å². The Morgan fingerprint density at radius 3 is 2.82 bits per heavy atom. The third-order valence-corrected chi connectivity index (χ3v) is 1.99. The van der Waals surface area contributed by atoms with Crippen LogP contribution in [0.1, 0.15) is 19.3 Å². The van der Waals surface area contributed by atoms with Crippen molar-refractivity contribution in [3.05, 3.63) is 0 Å². The Bertz CT molecular complexity index is 104. The molecule has 0 radical (unpaired) electrons. The van der Waals surface area contributed by atoms with Crippen molar-refractivity contribution in [2.75, 3.05) is 20.3 Å². The van der Waals surface area contributed by atoms with Crippen LogP contribution in [0, 0.1) is 0 Å². The van der Waals surface area contributed by atoms with Gasteiger partial charge in [0.25, 0.3) is 0 Å². The van der Waals surface area contributed by atoms with Crippen LogP contribution in [-0.4, -0.2) is 37.6 Å². The van der Waals surface area contributed by atoms with Gasteiger partial charge in [-0.15, -0.1) is 0 Å². The number of rotatable bonds is 3. The monoisotopic (exact) mass is 160 g/mol. The number of hydrogen-bond donors (Lipinski definition) is 1. The van der Waals surface area contributed by atoms with Gasteiger partial charge in [-0.05, 0) is 19.3 Å². The SMILES string of the molecule is COC[C@@H]1CCC[C@H](CO)O1. The lowest BCUT2D eigenvalue weighted by atomic mass is 10.1. The first kappa shape index (κ1) is 8.97. The van der Waals surface area contributed by atoms with E-state index in [2.05, 4.69) is 0 Å². The highest BCUT2D eigenvalue weighted by Gasteiger charge is 2.20. The average Bonchev–Trinajstić information content (AvgIpc) is 2.06. The summed E-state index contributed by atoms with van der Waals surface area (Å²) in [6.45, 7) is 0.788. The minimum Gasteiger partial charge on any atom is -0.394 e. The zero-order valence-corrected chi connectivity index (χ0v) is 6.95. The number of aliphatic hydroxyl groups excluding tert-OH is 1. The fraction of sp³-hybridized carbons (Fsp3) is 1.00. The number of ether oxygens (including phenoxy) is 2. The summed E-state index contributed by atoms with van der Waals surface area (Å²) in [5.74, 6) is 0. The maximum absolute atomic E-state index is 8.81. The normalized spacial score (nSPS) is 32.2. The van der Waals surface area contributed by atoms with Gasteiger partial charge >= 0.3 is 0 Å². The van der Waals surface area contributed by atoms with Crippen LogP contribution < -0.4 is 0 Å². The zero-order valence-electron chi connectivity index (χ0n) is 6.95. The van der Waals surface area contributed by atoms with E-state index in [-0.39, 0.29) is 18.8 Å². The second kappa shape index (κ2) is 4.70. The summed E-state index contributed by atoms with van der Waals surface area (Å²) in [6.07, 6.45) is 3.43. The Morgan fingerprint density at radius 2 is 2.18 bits per heavy atom. The van der Waals surface area contributed by atoms with Gasteiger partial charge in [0.05, 0.1) is 25.4 Å². The Balaban J connectivity index is 2.21. The molecule has 0 unspecified atom stereocenters. The van der Waals surface area contributed by atoms with Gasteiger partial charge in [-0.3, -0.25) is 0 Å². The quantitative estimate of drug-likeness (QED) is 0.655. The third-order valence-electron chi connectivity index (χ3n) is 1.99. The van der Waals surface area contributed by atoms with Crippen molar-refractivity contribution in [3.8, 4) is 0 Å². The fourth-order valence-electron chi connectivity index (χ4n) is 1.42. The van der Waals surface area contributed by atoms with Gasteiger partial charge in [0.1, 0.15) is 0 Å². The summed E-state index contributed by atoms with van der Waals surface area (Å²) >= 11 is 0. The van der Waals surface area contributed by atoms with Crippen molar-refractivity contribution < 1.29 is 14.6 Å². The van der Waals surface area contributed by atoms with Gasteiger partial charge in [0, 0.05) is 7.11 Å². The molecular weight excluding hydrogens is 144 g/mol. The molecule has 1 aliphatic rings. The van der Waals surface area contributed by atoms with Crippen LogP contribution in [0.2, 0.25) is 0 Å². The van der Waals surface area contributed by atoms with Gasteiger partial charge in [-0.25, -0.2) is 0 Å². The lowest BCUT2D eigenvalue weighted by molar-refractivity contribution is -0.0954. The van der Waals surface area contributed by atoms with Crippen molar-refractivity contribution in [3.63, 3.8) is 0 Å². The van der Waals surface area contributed by atoms with E-state index >= 15 is 0 Å². The van der Waals surface area contributed by atoms with Crippen LogP contribution in [0.15, 0.2) is 0 Å². The van der Waals surface area contributed by atoms with Gasteiger partial charge in [0.2, 0.25) is 0 Å². The average molecular weight is 160 g/mol. The largest absolute Gasteiger partial charge is 0.394 e. The molecule has 3 heteroatoms. The molecule has 1 fully saturated rings. The molecule has 2 atom stereocenters. The van der Waals surface area contributed by atoms with Gasteiger partial charge in [-0.2, -0.15) is 0 Å². The third kappa shape index (κ3) is 2.77. The predicted octanol–water partition coefficient (Wildman–Crippen LogP) is 0.563. The van der Waals surface area contributed by atoms with Crippen molar-refractivity contribution in [2.45, 2.75) is 31.5 Å². The maximum atomic E-state index is 8.81. The molecule has 66 valence electrons. The molecule has 1 aliphatic heterocycles. The second-order valence-corrected chi connectivity index (χ2v) is 2.95. The topological polar surface area (TPSA) is 38.7 Å². The first-order valence-corrected chi connectivity index (χ1v) is 4.12. The molecule has 0 spiro atoms.